The molecular formula is C22H15F3N2O2. The van der Waals surface area contributed by atoms with Crippen LogP contribution in [0.3, 0.4) is 0 Å². The Morgan fingerprint density at radius 1 is 0.931 bits per heavy atom. The highest BCUT2D eigenvalue weighted by Crippen LogP contribution is 2.36. The minimum atomic E-state index is -4.41. The number of halogens is 3. The third-order valence-corrected chi connectivity index (χ3v) is 4.77. The van der Waals surface area contributed by atoms with Crippen LogP contribution in [-0.4, -0.2) is 11.8 Å². The lowest BCUT2D eigenvalue weighted by atomic mass is 9.95. The highest BCUT2D eigenvalue weighted by molar-refractivity contribution is 6.11. The maximum absolute atomic E-state index is 12.8. The van der Waals surface area contributed by atoms with E-state index in [2.05, 4.69) is 10.6 Å². The van der Waals surface area contributed by atoms with Crippen molar-refractivity contribution in [3.05, 3.63) is 89.0 Å². The summed E-state index contributed by atoms with van der Waals surface area (Å²) in [5, 5.41) is 5.46. The van der Waals surface area contributed by atoms with E-state index in [-0.39, 0.29) is 18.4 Å². The molecule has 0 aliphatic carbocycles. The van der Waals surface area contributed by atoms with Crippen LogP contribution in [0.25, 0.3) is 11.1 Å². The molecule has 29 heavy (non-hydrogen) atoms. The first kappa shape index (κ1) is 18.7. The highest BCUT2D eigenvalue weighted by Gasteiger charge is 2.31. The van der Waals surface area contributed by atoms with Crippen LogP contribution in [-0.2, 0) is 12.7 Å². The number of hydrogen-bond donors (Lipinski definition) is 2. The van der Waals surface area contributed by atoms with E-state index >= 15 is 0 Å². The van der Waals surface area contributed by atoms with Crippen molar-refractivity contribution in [2.45, 2.75) is 12.7 Å². The second-order valence-corrected chi connectivity index (χ2v) is 6.59. The van der Waals surface area contributed by atoms with Crippen molar-refractivity contribution < 1.29 is 22.8 Å². The Bertz CT molecular complexity index is 1090. The van der Waals surface area contributed by atoms with Crippen LogP contribution in [0, 0.1) is 0 Å². The average Bonchev–Trinajstić information content (AvgIpc) is 3.10. The van der Waals surface area contributed by atoms with Gasteiger partial charge in [-0.25, -0.2) is 0 Å². The molecule has 0 atom stereocenters. The molecule has 1 heterocycles. The Kier molecular flexibility index (Phi) is 4.58. The molecule has 0 spiro atoms. The minimum absolute atomic E-state index is 0.236. The zero-order valence-corrected chi connectivity index (χ0v) is 15.0. The van der Waals surface area contributed by atoms with Crippen LogP contribution < -0.4 is 10.6 Å². The molecule has 0 saturated heterocycles. The quantitative estimate of drug-likeness (QED) is 0.664. The summed E-state index contributed by atoms with van der Waals surface area (Å²) >= 11 is 0. The molecule has 3 aromatic carbocycles. The lowest BCUT2D eigenvalue weighted by Crippen LogP contribution is -2.17. The number of hydrogen-bond acceptors (Lipinski definition) is 2. The molecule has 1 aliphatic rings. The Morgan fingerprint density at radius 3 is 2.28 bits per heavy atom. The molecule has 2 N–H and O–H groups in total. The molecular weight excluding hydrogens is 381 g/mol. The Hall–Kier alpha value is -3.61. The zero-order chi connectivity index (χ0) is 20.6. The van der Waals surface area contributed by atoms with Gasteiger partial charge in [0.1, 0.15) is 0 Å². The van der Waals surface area contributed by atoms with Crippen molar-refractivity contribution in [1.82, 2.24) is 5.32 Å². The zero-order valence-electron chi connectivity index (χ0n) is 15.0. The summed E-state index contributed by atoms with van der Waals surface area (Å²) in [6.45, 7) is 0.236. The first-order chi connectivity index (χ1) is 13.8. The van der Waals surface area contributed by atoms with Gasteiger partial charge in [0, 0.05) is 12.1 Å². The van der Waals surface area contributed by atoms with Gasteiger partial charge in [-0.05, 0) is 47.0 Å². The van der Waals surface area contributed by atoms with E-state index in [4.69, 9.17) is 0 Å². The summed E-state index contributed by atoms with van der Waals surface area (Å²) in [5.41, 5.74) is 2.24. The van der Waals surface area contributed by atoms with Crippen molar-refractivity contribution in [2.75, 3.05) is 5.32 Å². The molecule has 3 aromatic rings. The monoisotopic (exact) mass is 396 g/mol. The fourth-order valence-corrected chi connectivity index (χ4v) is 3.35. The van der Waals surface area contributed by atoms with Gasteiger partial charge < -0.3 is 10.6 Å². The van der Waals surface area contributed by atoms with Gasteiger partial charge in [-0.1, -0.05) is 36.4 Å². The molecule has 0 unspecified atom stereocenters. The molecule has 1 aliphatic heterocycles. The van der Waals surface area contributed by atoms with Crippen LogP contribution >= 0.6 is 0 Å². The highest BCUT2D eigenvalue weighted by atomic mass is 19.4. The first-order valence-electron chi connectivity index (χ1n) is 8.83. The average molecular weight is 396 g/mol. The van der Waals surface area contributed by atoms with Crippen molar-refractivity contribution in [2.24, 2.45) is 0 Å². The number of fused-ring (bicyclic) bond motifs is 1. The van der Waals surface area contributed by atoms with Gasteiger partial charge in [-0.3, -0.25) is 9.59 Å². The van der Waals surface area contributed by atoms with Gasteiger partial charge in [-0.2, -0.15) is 13.2 Å². The first-order valence-corrected chi connectivity index (χ1v) is 8.83. The molecule has 2 amide bonds. The fourth-order valence-electron chi connectivity index (χ4n) is 3.35. The summed E-state index contributed by atoms with van der Waals surface area (Å²) in [5.74, 6) is -0.688. The standard InChI is InChI=1S/C22H15F3N2O2/c23-22(24,25)15-8-6-13(7-9-15)16-10-11-18(19-17(16)12-26-21(19)29)27-20(28)14-4-2-1-3-5-14/h1-11H,12H2,(H,26,29)(H,27,28). The van der Waals surface area contributed by atoms with E-state index in [1.807, 2.05) is 0 Å². The van der Waals surface area contributed by atoms with Crippen molar-refractivity contribution in [3.8, 4) is 11.1 Å². The van der Waals surface area contributed by atoms with Crippen molar-refractivity contribution in [3.63, 3.8) is 0 Å². The molecule has 7 heteroatoms. The van der Waals surface area contributed by atoms with Gasteiger partial charge in [-0.15, -0.1) is 0 Å². The van der Waals surface area contributed by atoms with Gasteiger partial charge in [0.15, 0.2) is 0 Å². The molecule has 0 radical (unpaired) electrons. The maximum atomic E-state index is 12.8. The number of rotatable bonds is 3. The van der Waals surface area contributed by atoms with Crippen LogP contribution in [0.2, 0.25) is 0 Å². The van der Waals surface area contributed by atoms with E-state index < -0.39 is 11.7 Å². The van der Waals surface area contributed by atoms with Gasteiger partial charge in [0.25, 0.3) is 11.8 Å². The summed E-state index contributed by atoms with van der Waals surface area (Å²) in [7, 11) is 0. The van der Waals surface area contributed by atoms with E-state index in [9.17, 15) is 22.8 Å². The van der Waals surface area contributed by atoms with E-state index in [1.54, 1.807) is 42.5 Å². The van der Waals surface area contributed by atoms with Gasteiger partial charge in [0.05, 0.1) is 16.8 Å². The molecule has 0 bridgehead atoms. The number of carbonyl (C=O) groups is 2. The number of alkyl halides is 3. The second kappa shape index (κ2) is 7.09. The van der Waals surface area contributed by atoms with E-state index in [1.165, 1.54) is 12.1 Å². The third kappa shape index (κ3) is 3.59. The molecule has 0 saturated carbocycles. The molecule has 146 valence electrons. The largest absolute Gasteiger partial charge is 0.416 e. The summed E-state index contributed by atoms with van der Waals surface area (Å²) in [4.78, 5) is 24.8. The summed E-state index contributed by atoms with van der Waals surface area (Å²) in [6, 6.07) is 16.7. The lowest BCUT2D eigenvalue weighted by molar-refractivity contribution is -0.137. The van der Waals surface area contributed by atoms with Crippen molar-refractivity contribution >= 4 is 17.5 Å². The lowest BCUT2D eigenvalue weighted by Gasteiger charge is -2.14. The number of anilines is 1. The summed E-state index contributed by atoms with van der Waals surface area (Å²) < 4.78 is 38.4. The van der Waals surface area contributed by atoms with Gasteiger partial charge >= 0.3 is 6.18 Å². The number of benzene rings is 3. The minimum Gasteiger partial charge on any atom is -0.348 e. The predicted octanol–water partition coefficient (Wildman–Crippen LogP) is 4.87. The van der Waals surface area contributed by atoms with Crippen LogP contribution in [0.15, 0.2) is 66.7 Å². The normalized spacial score (nSPS) is 13.0. The smallest absolute Gasteiger partial charge is 0.348 e. The predicted molar refractivity (Wildman–Crippen MR) is 102 cm³/mol. The molecule has 0 fully saturated rings. The van der Waals surface area contributed by atoms with Crippen molar-refractivity contribution in [1.29, 1.82) is 0 Å². The fraction of sp³-hybridized carbons (Fsp3) is 0.0909. The van der Waals surface area contributed by atoms with Gasteiger partial charge in [0.2, 0.25) is 0 Å². The van der Waals surface area contributed by atoms with Crippen LogP contribution in [0.4, 0.5) is 18.9 Å². The molecule has 4 rings (SSSR count). The Morgan fingerprint density at radius 2 is 1.62 bits per heavy atom. The third-order valence-electron chi connectivity index (χ3n) is 4.77. The van der Waals surface area contributed by atoms with Crippen LogP contribution in [0.5, 0.6) is 0 Å². The number of nitrogens with one attached hydrogen (secondary N) is 2. The second-order valence-electron chi connectivity index (χ2n) is 6.59. The number of carbonyl (C=O) groups excluding carboxylic acids is 2. The number of amides is 2. The molecule has 0 aromatic heterocycles. The maximum Gasteiger partial charge on any atom is 0.416 e. The van der Waals surface area contributed by atoms with E-state index in [0.29, 0.717) is 33.5 Å². The molecule has 4 nitrogen and oxygen atoms in total. The Balaban J connectivity index is 1.70. The van der Waals surface area contributed by atoms with Crippen LogP contribution in [0.1, 0.15) is 31.8 Å². The Labute approximate surface area is 164 Å². The summed E-state index contributed by atoms with van der Waals surface area (Å²) in [6.07, 6.45) is -4.41. The van der Waals surface area contributed by atoms with E-state index in [0.717, 1.165) is 12.1 Å². The topological polar surface area (TPSA) is 58.2 Å². The SMILES string of the molecule is O=C(Nc1ccc(-c2ccc(C(F)(F)F)cc2)c2c1C(=O)NC2)c1ccccc1.